The van der Waals surface area contributed by atoms with Crippen molar-refractivity contribution in [2.45, 2.75) is 18.1 Å². The lowest BCUT2D eigenvalue weighted by Crippen LogP contribution is -2.28. The Morgan fingerprint density at radius 3 is 2.38 bits per heavy atom. The summed E-state index contributed by atoms with van der Waals surface area (Å²) in [5, 5.41) is 15.9. The maximum atomic E-state index is 12.5. The molecule has 0 bridgehead atoms. The fraction of sp³-hybridized carbons (Fsp3) is 0.200. The molecule has 0 radical (unpaired) electrons. The van der Waals surface area contributed by atoms with Crippen molar-refractivity contribution < 1.29 is 9.59 Å². The quantitative estimate of drug-likeness (QED) is 0.384. The first-order valence-corrected chi connectivity index (χ1v) is 11.7. The van der Waals surface area contributed by atoms with Gasteiger partial charge in [0.05, 0.1) is 21.8 Å². The van der Waals surface area contributed by atoms with E-state index in [1.165, 1.54) is 17.8 Å². The highest BCUT2D eigenvalue weighted by atomic mass is 35.5. The molecule has 12 heteroatoms. The third-order valence-corrected chi connectivity index (χ3v) is 6.46. The molecule has 0 aliphatic heterocycles. The van der Waals surface area contributed by atoms with E-state index in [1.807, 2.05) is 0 Å². The number of aromatic nitrogens is 3. The first kappa shape index (κ1) is 24.7. The maximum Gasteiger partial charge on any atom is 0.251 e. The number of nitrogens with zero attached hydrogens (tertiary/aromatic N) is 3. The van der Waals surface area contributed by atoms with Crippen LogP contribution in [0.1, 0.15) is 29.1 Å². The Kier molecular flexibility index (Phi) is 8.30. The summed E-state index contributed by atoms with van der Waals surface area (Å²) in [6.45, 7) is 1.78. The number of hydrogen-bond donors (Lipinski definition) is 2. The van der Waals surface area contributed by atoms with Crippen molar-refractivity contribution in [1.29, 1.82) is 0 Å². The number of carbonyl (C=O) groups is 2. The van der Waals surface area contributed by atoms with E-state index in [2.05, 4.69) is 20.8 Å². The van der Waals surface area contributed by atoms with E-state index in [4.69, 9.17) is 46.4 Å². The predicted octanol–water partition coefficient (Wildman–Crippen LogP) is 5.65. The monoisotopic (exact) mass is 531 g/mol. The zero-order chi connectivity index (χ0) is 23.4. The molecule has 7 nitrogen and oxygen atoms in total. The third-order valence-electron chi connectivity index (χ3n) is 4.26. The highest BCUT2D eigenvalue weighted by molar-refractivity contribution is 7.99. The molecule has 0 aliphatic carbocycles. The Morgan fingerprint density at radius 1 is 1.03 bits per heavy atom. The molecular formula is C20H17Cl4N5O2S. The zero-order valence-electron chi connectivity index (χ0n) is 16.8. The van der Waals surface area contributed by atoms with E-state index in [-0.39, 0.29) is 17.6 Å². The normalized spacial score (nSPS) is 11.8. The SMILES string of the molecule is C[C@H](NC(=O)c1ccc(Cl)c(Cl)c1)c1nnc(SCC(=O)Nc2cc(Cl)cc(Cl)c2)n1C. The van der Waals surface area contributed by atoms with Gasteiger partial charge < -0.3 is 15.2 Å². The summed E-state index contributed by atoms with van der Waals surface area (Å²) in [7, 11) is 1.76. The van der Waals surface area contributed by atoms with Crippen LogP contribution < -0.4 is 10.6 Å². The molecule has 0 saturated carbocycles. The van der Waals surface area contributed by atoms with E-state index in [0.717, 1.165) is 0 Å². The van der Waals surface area contributed by atoms with Gasteiger partial charge in [-0.15, -0.1) is 10.2 Å². The van der Waals surface area contributed by atoms with Crippen LogP contribution in [0.5, 0.6) is 0 Å². The minimum Gasteiger partial charge on any atom is -0.342 e. The van der Waals surface area contributed by atoms with Gasteiger partial charge in [0.2, 0.25) is 5.91 Å². The van der Waals surface area contributed by atoms with Crippen LogP contribution in [0.2, 0.25) is 20.1 Å². The van der Waals surface area contributed by atoms with Crippen molar-refractivity contribution >= 4 is 75.7 Å². The van der Waals surface area contributed by atoms with Crippen LogP contribution in [0.3, 0.4) is 0 Å². The molecule has 3 aromatic rings. The molecule has 1 atom stereocenters. The van der Waals surface area contributed by atoms with Crippen molar-refractivity contribution in [3.05, 3.63) is 67.9 Å². The second-order valence-electron chi connectivity index (χ2n) is 6.72. The van der Waals surface area contributed by atoms with Crippen molar-refractivity contribution in [3.8, 4) is 0 Å². The average molecular weight is 533 g/mol. The molecule has 2 aromatic carbocycles. The summed E-state index contributed by atoms with van der Waals surface area (Å²) in [5.41, 5.74) is 0.881. The Morgan fingerprint density at radius 2 is 1.72 bits per heavy atom. The standard InChI is InChI=1S/C20H17Cl4N5O2S/c1-10(25-19(31)11-3-4-15(23)16(24)5-11)18-27-28-20(29(18)2)32-9-17(30)26-14-7-12(21)6-13(22)8-14/h3-8,10H,9H2,1-2H3,(H,25,31)(H,26,30)/t10-/m0/s1. The topological polar surface area (TPSA) is 88.9 Å². The molecule has 32 heavy (non-hydrogen) atoms. The largest absolute Gasteiger partial charge is 0.342 e. The van der Waals surface area contributed by atoms with Gasteiger partial charge in [-0.05, 0) is 43.3 Å². The van der Waals surface area contributed by atoms with Crippen LogP contribution in [-0.2, 0) is 11.8 Å². The summed E-state index contributed by atoms with van der Waals surface area (Å²) in [6.07, 6.45) is 0. The third kappa shape index (κ3) is 6.30. The lowest BCUT2D eigenvalue weighted by atomic mass is 10.2. The molecule has 168 valence electrons. The summed E-state index contributed by atoms with van der Waals surface area (Å²) in [6, 6.07) is 8.99. The van der Waals surface area contributed by atoms with Gasteiger partial charge in [0, 0.05) is 28.3 Å². The van der Waals surface area contributed by atoms with E-state index < -0.39 is 6.04 Å². The number of halogens is 4. The van der Waals surface area contributed by atoms with Crippen molar-refractivity contribution in [2.75, 3.05) is 11.1 Å². The summed E-state index contributed by atoms with van der Waals surface area (Å²) >= 11 is 25.0. The molecule has 2 N–H and O–H groups in total. The first-order valence-electron chi connectivity index (χ1n) is 9.18. The predicted molar refractivity (Wildman–Crippen MR) is 129 cm³/mol. The number of hydrogen-bond acceptors (Lipinski definition) is 5. The van der Waals surface area contributed by atoms with Crippen LogP contribution in [0.4, 0.5) is 5.69 Å². The van der Waals surface area contributed by atoms with E-state index in [0.29, 0.717) is 42.3 Å². The molecule has 1 heterocycles. The Balaban J connectivity index is 1.59. The van der Waals surface area contributed by atoms with Crippen LogP contribution >= 0.6 is 58.2 Å². The van der Waals surface area contributed by atoms with Gasteiger partial charge >= 0.3 is 0 Å². The Bertz CT molecular complexity index is 1150. The minimum atomic E-state index is -0.439. The fourth-order valence-corrected chi connectivity index (χ4v) is 4.31. The van der Waals surface area contributed by atoms with Crippen LogP contribution in [0.25, 0.3) is 0 Å². The van der Waals surface area contributed by atoms with E-state index >= 15 is 0 Å². The van der Waals surface area contributed by atoms with Crippen molar-refractivity contribution in [3.63, 3.8) is 0 Å². The number of thioether (sulfide) groups is 1. The summed E-state index contributed by atoms with van der Waals surface area (Å²) < 4.78 is 1.72. The number of nitrogens with one attached hydrogen (secondary N) is 2. The molecule has 0 fully saturated rings. The van der Waals surface area contributed by atoms with Gasteiger partial charge in [-0.3, -0.25) is 9.59 Å². The summed E-state index contributed by atoms with van der Waals surface area (Å²) in [5.74, 6) is 0.0507. The van der Waals surface area contributed by atoms with Crippen LogP contribution in [-0.4, -0.2) is 32.3 Å². The molecule has 1 aromatic heterocycles. The lowest BCUT2D eigenvalue weighted by Gasteiger charge is -2.14. The van der Waals surface area contributed by atoms with E-state index in [1.54, 1.807) is 48.9 Å². The van der Waals surface area contributed by atoms with Crippen LogP contribution in [0, 0.1) is 0 Å². The number of carbonyl (C=O) groups excluding carboxylic acids is 2. The Hall–Kier alpha value is -1.97. The van der Waals surface area contributed by atoms with E-state index in [9.17, 15) is 9.59 Å². The molecular weight excluding hydrogens is 516 g/mol. The lowest BCUT2D eigenvalue weighted by molar-refractivity contribution is -0.113. The van der Waals surface area contributed by atoms with Crippen molar-refractivity contribution in [1.82, 2.24) is 20.1 Å². The maximum absolute atomic E-state index is 12.5. The average Bonchev–Trinajstić information content (AvgIpc) is 3.08. The van der Waals surface area contributed by atoms with Crippen molar-refractivity contribution in [2.24, 2.45) is 7.05 Å². The van der Waals surface area contributed by atoms with Gasteiger partial charge in [0.15, 0.2) is 11.0 Å². The molecule has 2 amide bonds. The molecule has 0 unspecified atom stereocenters. The zero-order valence-corrected chi connectivity index (χ0v) is 20.7. The number of amides is 2. The highest BCUT2D eigenvalue weighted by Gasteiger charge is 2.19. The van der Waals surface area contributed by atoms with Gasteiger partial charge in [-0.1, -0.05) is 58.2 Å². The smallest absolute Gasteiger partial charge is 0.251 e. The second-order valence-corrected chi connectivity index (χ2v) is 9.35. The molecule has 0 saturated heterocycles. The summed E-state index contributed by atoms with van der Waals surface area (Å²) in [4.78, 5) is 24.8. The molecule has 0 aliphatic rings. The second kappa shape index (κ2) is 10.8. The first-order chi connectivity index (χ1) is 15.1. The Labute approximate surface area is 208 Å². The van der Waals surface area contributed by atoms with Gasteiger partial charge in [-0.2, -0.15) is 0 Å². The number of rotatable bonds is 7. The van der Waals surface area contributed by atoms with Gasteiger partial charge in [0.25, 0.3) is 5.91 Å². The minimum absolute atomic E-state index is 0.0973. The number of anilines is 1. The fourth-order valence-electron chi connectivity index (χ4n) is 2.76. The number of benzene rings is 2. The van der Waals surface area contributed by atoms with Crippen LogP contribution in [0.15, 0.2) is 41.6 Å². The molecule has 0 spiro atoms. The van der Waals surface area contributed by atoms with Gasteiger partial charge in [-0.25, -0.2) is 0 Å². The highest BCUT2D eigenvalue weighted by Crippen LogP contribution is 2.25. The van der Waals surface area contributed by atoms with Gasteiger partial charge in [0.1, 0.15) is 0 Å². The molecule has 3 rings (SSSR count).